The van der Waals surface area contributed by atoms with Crippen LogP contribution in [-0.2, 0) is 6.54 Å². The Labute approximate surface area is 124 Å². The quantitative estimate of drug-likeness (QED) is 0.875. The number of piperidine rings is 1. The van der Waals surface area contributed by atoms with Gasteiger partial charge in [0.15, 0.2) is 0 Å². The van der Waals surface area contributed by atoms with E-state index in [1.807, 2.05) is 25.1 Å². The lowest BCUT2D eigenvalue weighted by Crippen LogP contribution is -2.45. The second-order valence-electron chi connectivity index (χ2n) is 6.15. The highest BCUT2D eigenvalue weighted by atomic mass is 16.1. The average molecular weight is 286 g/mol. The van der Waals surface area contributed by atoms with Gasteiger partial charge >= 0.3 is 0 Å². The molecule has 3 rings (SSSR count). The van der Waals surface area contributed by atoms with Crippen molar-refractivity contribution in [1.82, 2.24) is 14.9 Å². The number of aromatic nitrogens is 2. The zero-order chi connectivity index (χ0) is 15.0. The molecule has 1 fully saturated rings. The molecule has 0 saturated carbocycles. The minimum atomic E-state index is -0.0551. The number of aryl methyl sites for hydroxylation is 1. The van der Waals surface area contributed by atoms with Crippen LogP contribution in [0.15, 0.2) is 23.0 Å². The molecule has 2 unspecified atom stereocenters. The largest absolute Gasteiger partial charge is 0.327 e. The predicted molar refractivity (Wildman–Crippen MR) is 84.1 cm³/mol. The van der Waals surface area contributed by atoms with Crippen LogP contribution in [0.5, 0.6) is 0 Å². The fraction of sp³-hybridized carbons (Fsp3) is 0.500. The van der Waals surface area contributed by atoms with Crippen LogP contribution < -0.4 is 11.3 Å². The molecule has 0 amide bonds. The van der Waals surface area contributed by atoms with E-state index in [0.29, 0.717) is 17.8 Å². The van der Waals surface area contributed by atoms with Gasteiger partial charge in [-0.15, -0.1) is 0 Å². The topological polar surface area (TPSA) is 75.0 Å². The van der Waals surface area contributed by atoms with E-state index in [4.69, 9.17) is 5.73 Å². The maximum absolute atomic E-state index is 12.2. The van der Waals surface area contributed by atoms with E-state index in [9.17, 15) is 4.79 Å². The molecule has 2 aromatic rings. The number of rotatable bonds is 2. The standard InChI is InChI=1S/C16H22N4O/c1-10-4-3-5-12-15(10)18-14(19-16(12)21)9-20-7-6-13(17)11(2)8-20/h3-5,11,13H,6-9,17H2,1-2H3,(H,18,19,21). The minimum Gasteiger partial charge on any atom is -0.327 e. The first-order valence-electron chi connectivity index (χ1n) is 7.51. The maximum atomic E-state index is 12.2. The van der Waals surface area contributed by atoms with Crippen LogP contribution in [0.1, 0.15) is 24.7 Å². The monoisotopic (exact) mass is 286 g/mol. The molecule has 1 aliphatic heterocycles. The number of nitrogens with zero attached hydrogens (tertiary/aromatic N) is 2. The van der Waals surface area contributed by atoms with Crippen molar-refractivity contribution in [3.8, 4) is 0 Å². The second-order valence-corrected chi connectivity index (χ2v) is 6.15. The van der Waals surface area contributed by atoms with E-state index >= 15 is 0 Å². The third kappa shape index (κ3) is 2.84. The van der Waals surface area contributed by atoms with Crippen LogP contribution in [0, 0.1) is 12.8 Å². The first kappa shape index (κ1) is 14.2. The summed E-state index contributed by atoms with van der Waals surface area (Å²) in [7, 11) is 0. The Bertz CT molecular complexity index is 709. The smallest absolute Gasteiger partial charge is 0.258 e. The number of H-pyrrole nitrogens is 1. The number of aromatic amines is 1. The van der Waals surface area contributed by atoms with E-state index in [0.717, 1.165) is 36.4 Å². The Hall–Kier alpha value is -1.72. The molecule has 2 atom stereocenters. The molecule has 0 radical (unpaired) electrons. The summed E-state index contributed by atoms with van der Waals surface area (Å²) in [5, 5.41) is 0.660. The highest BCUT2D eigenvalue weighted by Crippen LogP contribution is 2.17. The van der Waals surface area contributed by atoms with Crippen molar-refractivity contribution < 1.29 is 0 Å². The van der Waals surface area contributed by atoms with Gasteiger partial charge in [0.2, 0.25) is 0 Å². The van der Waals surface area contributed by atoms with Gasteiger partial charge < -0.3 is 10.7 Å². The molecule has 0 spiro atoms. The third-order valence-electron chi connectivity index (χ3n) is 4.42. The summed E-state index contributed by atoms with van der Waals surface area (Å²) >= 11 is 0. The van der Waals surface area contributed by atoms with Crippen molar-refractivity contribution in [1.29, 1.82) is 0 Å². The normalized spacial score (nSPS) is 23.6. The number of hydrogen-bond acceptors (Lipinski definition) is 4. The molecular formula is C16H22N4O. The Morgan fingerprint density at radius 2 is 2.29 bits per heavy atom. The lowest BCUT2D eigenvalue weighted by molar-refractivity contribution is 0.154. The molecule has 1 saturated heterocycles. The van der Waals surface area contributed by atoms with Crippen LogP contribution in [0.3, 0.4) is 0 Å². The van der Waals surface area contributed by atoms with E-state index in [1.165, 1.54) is 0 Å². The van der Waals surface area contributed by atoms with Gasteiger partial charge in [0.25, 0.3) is 5.56 Å². The molecule has 1 aliphatic rings. The predicted octanol–water partition coefficient (Wildman–Crippen LogP) is 1.40. The first-order chi connectivity index (χ1) is 10.0. The lowest BCUT2D eigenvalue weighted by Gasteiger charge is -2.34. The molecular weight excluding hydrogens is 264 g/mol. The van der Waals surface area contributed by atoms with Crippen LogP contribution in [-0.4, -0.2) is 34.0 Å². The van der Waals surface area contributed by atoms with Gasteiger partial charge in [-0.2, -0.15) is 0 Å². The maximum Gasteiger partial charge on any atom is 0.258 e. The molecule has 1 aromatic carbocycles. The van der Waals surface area contributed by atoms with E-state index < -0.39 is 0 Å². The number of hydrogen-bond donors (Lipinski definition) is 2. The first-order valence-corrected chi connectivity index (χ1v) is 7.51. The number of nitrogens with one attached hydrogen (secondary N) is 1. The van der Waals surface area contributed by atoms with Crippen molar-refractivity contribution in [3.63, 3.8) is 0 Å². The van der Waals surface area contributed by atoms with Gasteiger partial charge in [0.05, 0.1) is 17.4 Å². The Morgan fingerprint density at radius 3 is 3.05 bits per heavy atom. The van der Waals surface area contributed by atoms with Crippen LogP contribution in [0.4, 0.5) is 0 Å². The van der Waals surface area contributed by atoms with E-state index in [2.05, 4.69) is 21.8 Å². The second kappa shape index (κ2) is 5.58. The number of para-hydroxylation sites is 1. The van der Waals surface area contributed by atoms with Crippen molar-refractivity contribution in [2.45, 2.75) is 32.9 Å². The summed E-state index contributed by atoms with van der Waals surface area (Å²) in [4.78, 5) is 22.0. The summed E-state index contributed by atoms with van der Waals surface area (Å²) < 4.78 is 0. The van der Waals surface area contributed by atoms with Crippen LogP contribution in [0.2, 0.25) is 0 Å². The summed E-state index contributed by atoms with van der Waals surface area (Å²) in [6.07, 6.45) is 0.998. The molecule has 112 valence electrons. The molecule has 2 heterocycles. The summed E-state index contributed by atoms with van der Waals surface area (Å²) in [6.45, 7) is 6.76. The Kier molecular flexibility index (Phi) is 3.78. The SMILES string of the molecule is Cc1cccc2c(=O)[nH]c(CN3CCC(N)C(C)C3)nc12. The number of fused-ring (bicyclic) bond motifs is 1. The number of benzene rings is 1. The fourth-order valence-electron chi connectivity index (χ4n) is 3.03. The third-order valence-corrected chi connectivity index (χ3v) is 4.42. The van der Waals surface area contributed by atoms with Crippen LogP contribution in [0.25, 0.3) is 10.9 Å². The molecule has 5 heteroatoms. The summed E-state index contributed by atoms with van der Waals surface area (Å²) in [6, 6.07) is 5.98. The molecule has 1 aromatic heterocycles. The van der Waals surface area contributed by atoms with E-state index in [1.54, 1.807) is 0 Å². The highest BCUT2D eigenvalue weighted by molar-refractivity contribution is 5.80. The summed E-state index contributed by atoms with van der Waals surface area (Å²) in [5.74, 6) is 1.22. The van der Waals surface area contributed by atoms with E-state index in [-0.39, 0.29) is 11.6 Å². The van der Waals surface area contributed by atoms with Crippen molar-refractivity contribution in [2.75, 3.05) is 13.1 Å². The van der Waals surface area contributed by atoms with Gasteiger partial charge in [-0.05, 0) is 30.9 Å². The zero-order valence-electron chi connectivity index (χ0n) is 12.6. The van der Waals surface area contributed by atoms with Crippen molar-refractivity contribution in [2.24, 2.45) is 11.7 Å². The number of nitrogens with two attached hydrogens (primary N) is 1. The van der Waals surface area contributed by atoms with Crippen molar-refractivity contribution >= 4 is 10.9 Å². The van der Waals surface area contributed by atoms with Crippen molar-refractivity contribution in [3.05, 3.63) is 39.9 Å². The van der Waals surface area contributed by atoms with Gasteiger partial charge in [-0.3, -0.25) is 9.69 Å². The average Bonchev–Trinajstić information content (AvgIpc) is 2.44. The molecule has 21 heavy (non-hydrogen) atoms. The summed E-state index contributed by atoms with van der Waals surface area (Å²) in [5.41, 5.74) is 7.84. The minimum absolute atomic E-state index is 0.0551. The van der Waals surface area contributed by atoms with Gasteiger partial charge in [0.1, 0.15) is 5.82 Å². The molecule has 0 aliphatic carbocycles. The zero-order valence-corrected chi connectivity index (χ0v) is 12.6. The Morgan fingerprint density at radius 1 is 1.48 bits per heavy atom. The number of likely N-dealkylation sites (tertiary alicyclic amines) is 1. The highest BCUT2D eigenvalue weighted by Gasteiger charge is 2.23. The van der Waals surface area contributed by atoms with Gasteiger partial charge in [-0.25, -0.2) is 4.98 Å². The van der Waals surface area contributed by atoms with Gasteiger partial charge in [-0.1, -0.05) is 19.1 Å². The van der Waals surface area contributed by atoms with Gasteiger partial charge in [0, 0.05) is 19.1 Å². The molecule has 3 N–H and O–H groups in total. The molecule has 0 bridgehead atoms. The van der Waals surface area contributed by atoms with Crippen LogP contribution >= 0.6 is 0 Å². The Balaban J connectivity index is 1.88. The fourth-order valence-corrected chi connectivity index (χ4v) is 3.03. The lowest BCUT2D eigenvalue weighted by atomic mass is 9.95. The molecule has 5 nitrogen and oxygen atoms in total.